The van der Waals surface area contributed by atoms with Crippen molar-refractivity contribution >= 4 is 51.6 Å². The van der Waals surface area contributed by atoms with Gasteiger partial charge < -0.3 is 20.1 Å². The molecule has 0 bridgehead atoms. The lowest BCUT2D eigenvalue weighted by Crippen LogP contribution is -2.64. The summed E-state index contributed by atoms with van der Waals surface area (Å²) in [7, 11) is 0. The second kappa shape index (κ2) is 11.9. The van der Waals surface area contributed by atoms with Gasteiger partial charge in [-0.2, -0.15) is 0 Å². The molecule has 1 saturated heterocycles. The van der Waals surface area contributed by atoms with Crippen molar-refractivity contribution in [2.45, 2.75) is 90.3 Å². The van der Waals surface area contributed by atoms with Gasteiger partial charge in [0.1, 0.15) is 5.52 Å². The van der Waals surface area contributed by atoms with Gasteiger partial charge in [0, 0.05) is 42.5 Å². The minimum atomic E-state index is -1.34. The average Bonchev–Trinajstić information content (AvgIpc) is 3.68. The molecule has 3 aromatic heterocycles. The van der Waals surface area contributed by atoms with Gasteiger partial charge in [0.25, 0.3) is 5.91 Å². The van der Waals surface area contributed by atoms with E-state index in [0.717, 1.165) is 49.1 Å². The van der Waals surface area contributed by atoms with Gasteiger partial charge in [-0.3, -0.25) is 19.5 Å². The van der Waals surface area contributed by atoms with E-state index in [1.165, 1.54) is 18.9 Å². The number of rotatable bonds is 8. The van der Waals surface area contributed by atoms with E-state index in [1.807, 2.05) is 49.3 Å². The van der Waals surface area contributed by atoms with Crippen LogP contribution in [0.15, 0.2) is 30.7 Å². The lowest BCUT2D eigenvalue weighted by atomic mass is 9.71. The molecule has 2 amide bonds. The highest BCUT2D eigenvalue weighted by atomic mass is 35.5. The van der Waals surface area contributed by atoms with Crippen molar-refractivity contribution < 1.29 is 18.4 Å². The Morgan fingerprint density at radius 3 is 2.57 bits per heavy atom. The number of halogens is 3. The van der Waals surface area contributed by atoms with Gasteiger partial charge in [-0.05, 0) is 104 Å². The number of imidazole rings is 1. The number of fused-ring (bicyclic) bond motifs is 3. The molecule has 2 N–H and O–H groups in total. The van der Waals surface area contributed by atoms with Crippen LogP contribution >= 0.6 is 11.6 Å². The van der Waals surface area contributed by atoms with E-state index in [1.54, 1.807) is 19.4 Å². The molecule has 2 aliphatic heterocycles. The molecule has 2 atom stereocenters. The highest BCUT2D eigenvalue weighted by Gasteiger charge is 2.56. The summed E-state index contributed by atoms with van der Waals surface area (Å²) in [4.78, 5) is 45.8. The zero-order chi connectivity index (χ0) is 36.1. The Balaban J connectivity index is 1.17. The first-order chi connectivity index (χ1) is 24.2. The number of hydrogen-bond acceptors (Lipinski definition) is 7. The topological polar surface area (TPSA) is 108 Å². The molecule has 2 unspecified atom stereocenters. The second-order valence-corrected chi connectivity index (χ2v) is 16.2. The van der Waals surface area contributed by atoms with Crippen molar-refractivity contribution in [1.29, 1.82) is 0 Å². The Kier molecular flexibility index (Phi) is 7.95. The molecule has 2 saturated carbocycles. The van der Waals surface area contributed by atoms with E-state index in [9.17, 15) is 9.59 Å². The molecule has 3 fully saturated rings. The number of aromatic nitrogens is 4. The van der Waals surface area contributed by atoms with Crippen LogP contribution in [-0.2, 0) is 10.2 Å². The predicted molar refractivity (Wildman–Crippen MR) is 194 cm³/mol. The lowest BCUT2D eigenvalue weighted by molar-refractivity contribution is -0.124. The maximum Gasteiger partial charge on any atom is 0.252 e. The molecule has 0 radical (unpaired) electrons. The maximum absolute atomic E-state index is 15.4. The van der Waals surface area contributed by atoms with Gasteiger partial charge in [-0.1, -0.05) is 11.6 Å². The minimum absolute atomic E-state index is 0.0341. The Bertz CT molecular complexity index is 2110. The van der Waals surface area contributed by atoms with Gasteiger partial charge in [0.05, 0.1) is 50.6 Å². The van der Waals surface area contributed by atoms with E-state index < -0.39 is 28.0 Å². The van der Waals surface area contributed by atoms with Crippen LogP contribution in [0.5, 0.6) is 0 Å². The zero-order valence-electron chi connectivity index (χ0n) is 29.8. The van der Waals surface area contributed by atoms with Gasteiger partial charge >= 0.3 is 0 Å². The number of likely N-dealkylation sites (tertiary alicyclic amines) is 1. The quantitative estimate of drug-likeness (QED) is 0.183. The maximum atomic E-state index is 15.4. The third-order valence-electron chi connectivity index (χ3n) is 11.6. The van der Waals surface area contributed by atoms with E-state index in [0.29, 0.717) is 22.3 Å². The highest BCUT2D eigenvalue weighted by Crippen LogP contribution is 2.53. The number of carbonyl (C=O) groups excluding carboxylic acids is 2. The standard InChI is InChI=1S/C38H43ClF2N8O2/c1-7-42-35(50)24-12-26(30(40)31(41)29(24)39)46-34-32-27(44-18-48(32)19(2)3)13-25(45-34)21-11-28-33(43-16-21)37(4,5)36(51)49(28)23-14-38(6,15-23)47-9-8-20-10-22(20)17-47/h11-13,16,18-20,22-23H,7-10,14-15,17H2,1-6H3,(H,42,50)(H,45,46)/t20?,22?,23-,38+. The SMILES string of the molecule is CCNC(=O)c1cc(Nc2nc(-c3cnc4c(c3)N([C@H]3C[C@@](C)(N5CCC6CC6C5)C3)C(=O)C4(C)C)cc3ncn(C(C)C)c23)c(F)c(F)c1Cl. The van der Waals surface area contributed by atoms with Crippen LogP contribution in [0, 0.1) is 23.5 Å². The normalized spacial score (nSPS) is 25.2. The molecular formula is C38H43ClF2N8O2. The largest absolute Gasteiger partial charge is 0.352 e. The molecule has 13 heteroatoms. The van der Waals surface area contributed by atoms with Crippen LogP contribution in [-0.4, -0.2) is 67.4 Å². The predicted octanol–water partition coefficient (Wildman–Crippen LogP) is 7.39. The number of benzene rings is 1. The summed E-state index contributed by atoms with van der Waals surface area (Å²) >= 11 is 6.07. The van der Waals surface area contributed by atoms with Gasteiger partial charge in [0.15, 0.2) is 17.5 Å². The average molecular weight is 717 g/mol. The number of carbonyl (C=O) groups is 2. The van der Waals surface area contributed by atoms with Crippen molar-refractivity contribution in [2.24, 2.45) is 11.8 Å². The van der Waals surface area contributed by atoms with Crippen LogP contribution in [0.4, 0.5) is 26.0 Å². The molecule has 268 valence electrons. The van der Waals surface area contributed by atoms with E-state index >= 15 is 8.78 Å². The molecule has 10 nitrogen and oxygen atoms in total. The van der Waals surface area contributed by atoms with Crippen LogP contribution in [0.25, 0.3) is 22.3 Å². The van der Waals surface area contributed by atoms with Crippen LogP contribution < -0.4 is 15.5 Å². The monoisotopic (exact) mass is 716 g/mol. The molecule has 2 aliphatic carbocycles. The van der Waals surface area contributed by atoms with E-state index in [-0.39, 0.29) is 47.1 Å². The van der Waals surface area contributed by atoms with Crippen molar-refractivity contribution in [3.05, 3.63) is 58.6 Å². The lowest BCUT2D eigenvalue weighted by Gasteiger charge is -2.55. The zero-order valence-corrected chi connectivity index (χ0v) is 30.5. The fraction of sp³-hybridized carbons (Fsp3) is 0.500. The fourth-order valence-corrected chi connectivity index (χ4v) is 8.76. The smallest absolute Gasteiger partial charge is 0.252 e. The molecule has 8 rings (SSSR count). The summed E-state index contributed by atoms with van der Waals surface area (Å²) < 4.78 is 32.4. The molecular weight excluding hydrogens is 674 g/mol. The fourth-order valence-electron chi connectivity index (χ4n) is 8.53. The molecule has 5 heterocycles. The van der Waals surface area contributed by atoms with E-state index in [4.69, 9.17) is 21.6 Å². The molecule has 4 aromatic rings. The Labute approximate surface area is 301 Å². The molecule has 51 heavy (non-hydrogen) atoms. The summed E-state index contributed by atoms with van der Waals surface area (Å²) in [5, 5.41) is 4.94. The molecule has 4 aliphatic rings. The van der Waals surface area contributed by atoms with Crippen molar-refractivity contribution in [3.8, 4) is 11.3 Å². The first kappa shape index (κ1) is 34.0. The third-order valence-corrected chi connectivity index (χ3v) is 12.0. The number of amides is 2. The number of nitrogens with zero attached hydrogens (tertiary/aromatic N) is 6. The Morgan fingerprint density at radius 1 is 1.10 bits per heavy atom. The van der Waals surface area contributed by atoms with Crippen molar-refractivity contribution in [3.63, 3.8) is 0 Å². The summed E-state index contributed by atoms with van der Waals surface area (Å²) in [6.07, 6.45) is 7.82. The number of hydrogen-bond donors (Lipinski definition) is 2. The van der Waals surface area contributed by atoms with E-state index in [2.05, 4.69) is 27.4 Å². The third kappa shape index (κ3) is 5.39. The van der Waals surface area contributed by atoms with Gasteiger partial charge in [-0.15, -0.1) is 0 Å². The molecule has 0 spiro atoms. The summed E-state index contributed by atoms with van der Waals surface area (Å²) in [5.41, 5.74) is 2.55. The minimum Gasteiger partial charge on any atom is -0.352 e. The number of anilines is 3. The molecule has 1 aromatic carbocycles. The number of nitrogens with one attached hydrogen (secondary N) is 2. The Hall–Kier alpha value is -4.16. The second-order valence-electron chi connectivity index (χ2n) is 15.8. The van der Waals surface area contributed by atoms with Crippen LogP contribution in [0.2, 0.25) is 5.02 Å². The summed E-state index contributed by atoms with van der Waals surface area (Å²) in [6.45, 7) is 14.4. The number of pyridine rings is 2. The van der Waals surface area contributed by atoms with Gasteiger partial charge in [0.2, 0.25) is 5.91 Å². The van der Waals surface area contributed by atoms with Gasteiger partial charge in [-0.25, -0.2) is 18.7 Å². The Morgan fingerprint density at radius 2 is 1.86 bits per heavy atom. The summed E-state index contributed by atoms with van der Waals surface area (Å²) in [5.74, 6) is -1.21. The summed E-state index contributed by atoms with van der Waals surface area (Å²) in [6, 6.07) is 5.01. The number of piperidine rings is 1. The van der Waals surface area contributed by atoms with Crippen LogP contribution in [0.3, 0.4) is 0 Å². The first-order valence-corrected chi connectivity index (χ1v) is 18.3. The highest BCUT2D eigenvalue weighted by molar-refractivity contribution is 6.34. The van der Waals surface area contributed by atoms with Crippen LogP contribution in [0.1, 0.15) is 89.3 Å². The first-order valence-electron chi connectivity index (χ1n) is 17.9. The van der Waals surface area contributed by atoms with Crippen molar-refractivity contribution in [2.75, 3.05) is 29.9 Å². The van der Waals surface area contributed by atoms with Crippen molar-refractivity contribution in [1.82, 2.24) is 29.7 Å².